The molecule has 8 nitrogen and oxygen atoms in total. The molecule has 172 valence electrons. The van der Waals surface area contributed by atoms with Gasteiger partial charge in [-0.05, 0) is 18.2 Å². The number of nitrogens with zero attached hydrogens (tertiary/aromatic N) is 3. The standard InChI is InChI=1S/C19H12Cl2F3N5O3S/c1-31-18-28-9-5-7-13(12(21)14(9)33-18)29-16(32-17(7)30)10(6-11(25)19(22,23)24)27-15-8(20)3-2-4-26-15/h2-6,9,14,25H,1H3,(H,26,27)/p+1/b10-6-,25-11?. The highest BCUT2D eigenvalue weighted by atomic mass is 35.5. The number of nitrogens with two attached hydrogens (primary N) is 1. The van der Waals surface area contributed by atoms with Gasteiger partial charge in [0.2, 0.25) is 16.7 Å². The van der Waals surface area contributed by atoms with Gasteiger partial charge in [0.15, 0.2) is 0 Å². The van der Waals surface area contributed by atoms with Crippen LogP contribution >= 0.6 is 35.0 Å². The summed E-state index contributed by atoms with van der Waals surface area (Å²) in [7, 11) is 1.44. The van der Waals surface area contributed by atoms with E-state index in [1.165, 1.54) is 43.3 Å². The fourth-order valence-corrected chi connectivity index (χ4v) is 4.63. The van der Waals surface area contributed by atoms with Crippen LogP contribution in [0.5, 0.6) is 0 Å². The highest BCUT2D eigenvalue weighted by Crippen LogP contribution is 2.36. The van der Waals surface area contributed by atoms with Gasteiger partial charge in [-0.3, -0.25) is 10.7 Å². The van der Waals surface area contributed by atoms with Crippen molar-refractivity contribution in [3.05, 3.63) is 56.3 Å². The lowest BCUT2D eigenvalue weighted by atomic mass is 10.1. The highest BCUT2D eigenvalue weighted by Gasteiger charge is 2.37. The van der Waals surface area contributed by atoms with Crippen molar-refractivity contribution in [2.24, 2.45) is 4.99 Å². The Kier molecular flexibility index (Phi) is 6.36. The number of hydrogen-bond donors (Lipinski definition) is 2. The number of quaternary nitrogens is 1. The first-order valence-electron chi connectivity index (χ1n) is 9.12. The monoisotopic (exact) mass is 518 g/mol. The third-order valence-corrected chi connectivity index (χ3v) is 6.69. The van der Waals surface area contributed by atoms with Crippen molar-refractivity contribution in [2.75, 3.05) is 7.11 Å². The van der Waals surface area contributed by atoms with Crippen molar-refractivity contribution < 1.29 is 27.6 Å². The summed E-state index contributed by atoms with van der Waals surface area (Å²) >= 11 is 13.8. The number of nitrogens with one attached hydrogen (secondary N) is 1. The largest absolute Gasteiger partial charge is 0.476 e. The average Bonchev–Trinajstić information content (AvgIpc) is 3.18. The van der Waals surface area contributed by atoms with Gasteiger partial charge in [0.05, 0.1) is 34.0 Å². The summed E-state index contributed by atoms with van der Waals surface area (Å²) in [5, 5.41) is 8.86. The Morgan fingerprint density at radius 3 is 2.82 bits per heavy atom. The van der Waals surface area contributed by atoms with Crippen LogP contribution in [0.3, 0.4) is 0 Å². The van der Waals surface area contributed by atoms with Crippen LogP contribution in [-0.2, 0) is 4.74 Å². The number of ether oxygens (including phenoxy) is 1. The molecule has 2 atom stereocenters. The molecule has 0 bridgehead atoms. The fourth-order valence-electron chi connectivity index (χ4n) is 3.06. The number of thioether (sulfide) groups is 1. The highest BCUT2D eigenvalue weighted by molar-refractivity contribution is 8.14. The topological polar surface area (TPSA) is 118 Å². The van der Waals surface area contributed by atoms with E-state index in [0.29, 0.717) is 11.3 Å². The van der Waals surface area contributed by atoms with Crippen LogP contribution in [0.2, 0.25) is 5.02 Å². The summed E-state index contributed by atoms with van der Waals surface area (Å²) in [6.07, 6.45) is -1.57. The lowest BCUT2D eigenvalue weighted by molar-refractivity contribution is -0.475. The van der Waals surface area contributed by atoms with Gasteiger partial charge < -0.3 is 9.15 Å². The van der Waals surface area contributed by atoms with Crippen LogP contribution in [0, 0.1) is 5.41 Å². The van der Waals surface area contributed by atoms with Crippen molar-refractivity contribution in [1.82, 2.24) is 9.97 Å². The maximum Gasteiger partial charge on any atom is 0.432 e. The van der Waals surface area contributed by atoms with Crippen LogP contribution < -0.4 is 21.5 Å². The maximum atomic E-state index is 13.1. The molecule has 4 rings (SSSR count). The molecule has 2 unspecified atom stereocenters. The van der Waals surface area contributed by atoms with Crippen LogP contribution in [0.25, 0.3) is 16.8 Å². The number of pyridine rings is 1. The van der Waals surface area contributed by atoms with Gasteiger partial charge >= 0.3 is 11.8 Å². The maximum absolute atomic E-state index is 13.1. The molecule has 0 aromatic carbocycles. The van der Waals surface area contributed by atoms with E-state index < -0.39 is 34.7 Å². The van der Waals surface area contributed by atoms with Crippen LogP contribution in [-0.4, -0.2) is 45.5 Å². The van der Waals surface area contributed by atoms with E-state index in [4.69, 9.17) is 37.8 Å². The molecular formula is C19H13Cl2F3N5O3S+. The van der Waals surface area contributed by atoms with E-state index in [1.807, 2.05) is 0 Å². The number of hydrogen-bond acceptors (Lipinski definition) is 8. The quantitative estimate of drug-likeness (QED) is 0.592. The molecule has 3 N–H and O–H groups in total. The second kappa shape index (κ2) is 8.93. The number of aromatic nitrogens is 2. The van der Waals surface area contributed by atoms with E-state index in [0.717, 1.165) is 5.32 Å². The first-order chi connectivity index (χ1) is 15.6. The normalized spacial score (nSPS) is 20.0. The molecular weight excluding hydrogens is 506 g/mol. The summed E-state index contributed by atoms with van der Waals surface area (Å²) in [5.74, 6) is -0.385. The van der Waals surface area contributed by atoms with Crippen LogP contribution in [0.1, 0.15) is 5.89 Å². The Morgan fingerprint density at radius 2 is 2.15 bits per heavy atom. The predicted octanol–water partition coefficient (Wildman–Crippen LogP) is 1.53. The number of halogens is 5. The molecule has 1 aliphatic heterocycles. The SMILES string of the molecule is COC1=NC2C=c3c(nc(/C(=C/C(=N)C(F)(F)F)[NH2+]c4ncccc4Cl)oc3=O)=C(Cl)C2S1. The van der Waals surface area contributed by atoms with E-state index in [1.54, 1.807) is 0 Å². The molecule has 14 heteroatoms. The Labute approximate surface area is 197 Å². The molecule has 2 aromatic rings. The molecule has 0 amide bonds. The molecule has 0 saturated heterocycles. The minimum absolute atomic E-state index is 0.0350. The smallest absolute Gasteiger partial charge is 0.432 e. The van der Waals surface area contributed by atoms with E-state index >= 15 is 0 Å². The third kappa shape index (κ3) is 4.69. The first kappa shape index (κ1) is 23.5. The summed E-state index contributed by atoms with van der Waals surface area (Å²) in [6.45, 7) is 0. The molecule has 0 fully saturated rings. The van der Waals surface area contributed by atoms with E-state index in [9.17, 15) is 18.0 Å². The number of fused-ring (bicyclic) bond motifs is 2. The van der Waals surface area contributed by atoms with Gasteiger partial charge in [-0.1, -0.05) is 35.0 Å². The molecule has 0 saturated carbocycles. The van der Waals surface area contributed by atoms with Crippen LogP contribution in [0.15, 0.2) is 38.6 Å². The van der Waals surface area contributed by atoms with Gasteiger partial charge in [0, 0.05) is 12.3 Å². The Balaban J connectivity index is 1.87. The zero-order valence-electron chi connectivity index (χ0n) is 16.5. The lowest BCUT2D eigenvalue weighted by Crippen LogP contribution is -2.75. The zero-order chi connectivity index (χ0) is 23.9. The van der Waals surface area contributed by atoms with E-state index in [-0.39, 0.29) is 32.1 Å². The average molecular weight is 519 g/mol. The minimum Gasteiger partial charge on any atom is -0.476 e. The molecule has 3 heterocycles. The lowest BCUT2D eigenvalue weighted by Gasteiger charge is -2.16. The van der Waals surface area contributed by atoms with Crippen molar-refractivity contribution >= 4 is 68.5 Å². The number of rotatable bonds is 4. The fraction of sp³-hybridized carbons (Fsp3) is 0.211. The van der Waals surface area contributed by atoms with Crippen molar-refractivity contribution in [3.8, 4) is 0 Å². The summed E-state index contributed by atoms with van der Waals surface area (Å²) in [6, 6.07) is 2.54. The number of methoxy groups -OCH3 is 1. The number of alkyl halides is 3. The van der Waals surface area contributed by atoms with E-state index in [2.05, 4.69) is 15.0 Å². The van der Waals surface area contributed by atoms with Gasteiger partial charge in [0.1, 0.15) is 10.7 Å². The molecule has 2 aliphatic rings. The van der Waals surface area contributed by atoms with Gasteiger partial charge in [-0.15, -0.1) is 0 Å². The van der Waals surface area contributed by atoms with Crippen molar-refractivity contribution in [1.29, 1.82) is 5.41 Å². The molecule has 0 spiro atoms. The van der Waals surface area contributed by atoms with Crippen LogP contribution in [0.4, 0.5) is 19.0 Å². The summed E-state index contributed by atoms with van der Waals surface area (Å²) in [4.78, 5) is 25.2. The Bertz CT molecular complexity index is 1390. The molecule has 33 heavy (non-hydrogen) atoms. The molecule has 1 aliphatic carbocycles. The predicted molar refractivity (Wildman–Crippen MR) is 118 cm³/mol. The summed E-state index contributed by atoms with van der Waals surface area (Å²) < 4.78 is 49.6. The van der Waals surface area contributed by atoms with Crippen molar-refractivity contribution in [3.63, 3.8) is 0 Å². The van der Waals surface area contributed by atoms with Gasteiger partial charge in [-0.2, -0.15) is 13.2 Å². The second-order valence-electron chi connectivity index (χ2n) is 6.74. The number of aliphatic imine (C=N–C) groups is 1. The van der Waals surface area contributed by atoms with Gasteiger partial charge in [-0.25, -0.2) is 19.8 Å². The Hall–Kier alpha value is -2.67. The van der Waals surface area contributed by atoms with Crippen molar-refractivity contribution in [2.45, 2.75) is 17.5 Å². The minimum atomic E-state index is -4.94. The number of allylic oxidation sites excluding steroid dienone is 1. The molecule has 0 radical (unpaired) electrons. The summed E-state index contributed by atoms with van der Waals surface area (Å²) in [5.41, 5.74) is -2.89. The van der Waals surface area contributed by atoms with Gasteiger partial charge in [0.25, 0.3) is 5.89 Å². The molecule has 2 aromatic heterocycles. The second-order valence-corrected chi connectivity index (χ2v) is 8.64. The Morgan fingerprint density at radius 1 is 1.39 bits per heavy atom. The first-order valence-corrected chi connectivity index (χ1v) is 10.8. The third-order valence-electron chi connectivity index (χ3n) is 4.59. The zero-order valence-corrected chi connectivity index (χ0v) is 18.8.